The molecule has 0 radical (unpaired) electrons. The van der Waals surface area contributed by atoms with Crippen LogP contribution in [0.1, 0.15) is 121 Å². The number of benzene rings is 5. The molecular formula is C84H109ClN18O19. The topological polar surface area (TPSA) is 582 Å². The SMILES string of the molecule is CC(=O)N[C@H](Cc1ccc2ccccc2c1)C(=O)N[C@H](Cc1ccc(Cl)cc1)C(=O)N[C@H](Cc1cccnc1)C(=O)N[C@@H](CO)C(=O)N[C@@H](Cc1ccc(NC(=O)[C@H]2CC(=O)NC(=O)N2)cc1)C(=O)N[C@H](Cc1ccc(NC(N)=O)cc1)C(=O)N[C@@H](CC(C)C)C(=O)N[C@@H](CCCCNC(C)C)C(=O)N1CCC[C@H]1C(=O)N[C@H](C)C(N)=O.CC(=O)O.O. The molecule has 122 heavy (non-hydrogen) atoms. The van der Waals surface area contributed by atoms with Gasteiger partial charge in [-0.1, -0.05) is 124 Å². The van der Waals surface area contributed by atoms with Gasteiger partial charge >= 0.3 is 12.1 Å². The number of nitrogens with zero attached hydrogens (tertiary/aromatic N) is 2. The molecule has 6 aromatic rings. The highest BCUT2D eigenvalue weighted by molar-refractivity contribution is 6.30. The summed E-state index contributed by atoms with van der Waals surface area (Å²) in [6.07, 6.45) is 3.04. The number of likely N-dealkylation sites (tertiary alicyclic amines) is 1. The van der Waals surface area contributed by atoms with Gasteiger partial charge in [-0.3, -0.25) is 77.4 Å². The number of unbranched alkanes of at least 4 members (excludes halogenated alkanes) is 1. The molecule has 1 aromatic heterocycles. The molecule has 2 aliphatic rings. The molecule has 11 atom stereocenters. The summed E-state index contributed by atoms with van der Waals surface area (Å²) >= 11 is 6.27. The van der Waals surface area contributed by atoms with Crippen molar-refractivity contribution in [3.63, 3.8) is 0 Å². The number of anilines is 2. The number of nitrogens with one attached hydrogen (secondary N) is 14. The van der Waals surface area contributed by atoms with E-state index in [0.29, 0.717) is 53.1 Å². The Labute approximate surface area is 709 Å². The number of imide groups is 1. The molecular weight excluding hydrogens is 1600 g/mol. The Hall–Kier alpha value is -13.0. The zero-order chi connectivity index (χ0) is 88.6. The number of carbonyl (C=O) groups excluding carboxylic acids is 15. The van der Waals surface area contributed by atoms with Gasteiger partial charge in [-0.05, 0) is 139 Å². The Morgan fingerprint density at radius 2 is 1.01 bits per heavy atom. The number of aliphatic hydroxyl groups excluding tert-OH is 1. The zero-order valence-electron chi connectivity index (χ0n) is 68.7. The van der Waals surface area contributed by atoms with Gasteiger partial charge in [0.15, 0.2) is 0 Å². The van der Waals surface area contributed by atoms with E-state index in [1.807, 2.05) is 61.6 Å². The molecule has 37 nitrogen and oxygen atoms in total. The molecule has 656 valence electrons. The molecule has 2 fully saturated rings. The lowest BCUT2D eigenvalue weighted by molar-refractivity contribution is -0.142. The van der Waals surface area contributed by atoms with Gasteiger partial charge in [0.2, 0.25) is 76.8 Å². The van der Waals surface area contributed by atoms with E-state index in [4.69, 9.17) is 33.0 Å². The maximum atomic E-state index is 15.5. The molecule has 8 rings (SSSR count). The second-order valence-electron chi connectivity index (χ2n) is 30.3. The average Bonchev–Trinajstić information content (AvgIpc) is 1.87. The molecule has 22 N–H and O–H groups in total. The number of aliphatic carboxylic acids is 1. The van der Waals surface area contributed by atoms with Crippen molar-refractivity contribution in [1.29, 1.82) is 0 Å². The lowest BCUT2D eigenvalue weighted by atomic mass is 9.99. The summed E-state index contributed by atoms with van der Waals surface area (Å²) in [6, 6.07) is 17.3. The van der Waals surface area contributed by atoms with Crippen LogP contribution < -0.4 is 85.9 Å². The van der Waals surface area contributed by atoms with Crippen molar-refractivity contribution in [3.05, 3.63) is 173 Å². The number of rotatable bonds is 41. The number of carboxylic acid groups (broad SMARTS) is 1. The van der Waals surface area contributed by atoms with Crippen LogP contribution in [-0.2, 0) is 99.2 Å². The van der Waals surface area contributed by atoms with E-state index in [9.17, 15) is 62.6 Å². The molecule has 38 heteroatoms. The third-order valence-corrected chi connectivity index (χ3v) is 19.7. The van der Waals surface area contributed by atoms with Crippen LogP contribution >= 0.6 is 11.6 Å². The molecule has 0 spiro atoms. The van der Waals surface area contributed by atoms with Crippen molar-refractivity contribution in [2.75, 3.05) is 30.3 Å². The first-order valence-electron chi connectivity index (χ1n) is 39.6. The predicted molar refractivity (Wildman–Crippen MR) is 451 cm³/mol. The third-order valence-electron chi connectivity index (χ3n) is 19.4. The van der Waals surface area contributed by atoms with E-state index < -0.39 is 174 Å². The van der Waals surface area contributed by atoms with Gasteiger partial charge in [-0.2, -0.15) is 0 Å². The van der Waals surface area contributed by atoms with Crippen molar-refractivity contribution < 1.29 is 92.4 Å². The van der Waals surface area contributed by atoms with Gasteiger partial charge in [0, 0.05) is 87.3 Å². The highest BCUT2D eigenvalue weighted by Gasteiger charge is 2.41. The fourth-order valence-electron chi connectivity index (χ4n) is 13.4. The molecule has 5 aromatic carbocycles. The number of aromatic nitrogens is 1. The van der Waals surface area contributed by atoms with Gasteiger partial charge in [-0.25, -0.2) is 9.59 Å². The van der Waals surface area contributed by atoms with Crippen molar-refractivity contribution in [2.45, 2.75) is 198 Å². The van der Waals surface area contributed by atoms with Crippen molar-refractivity contribution in [3.8, 4) is 0 Å². The van der Waals surface area contributed by atoms with Crippen LogP contribution in [-0.4, -0.2) is 213 Å². The van der Waals surface area contributed by atoms with Crippen LogP contribution in [0.5, 0.6) is 0 Å². The smallest absolute Gasteiger partial charge is 0.322 e. The molecule has 0 aliphatic carbocycles. The summed E-state index contributed by atoms with van der Waals surface area (Å²) in [5.74, 6) is -11.8. The van der Waals surface area contributed by atoms with Gasteiger partial charge in [0.05, 0.1) is 13.0 Å². The number of urea groups is 2. The number of hydrogen-bond acceptors (Lipinski definition) is 19. The maximum Gasteiger partial charge on any atom is 0.322 e. The zero-order valence-corrected chi connectivity index (χ0v) is 69.5. The van der Waals surface area contributed by atoms with E-state index in [-0.39, 0.29) is 92.3 Å². The predicted octanol–water partition coefficient (Wildman–Crippen LogP) is 0.781. The molecule has 2 aliphatic heterocycles. The van der Waals surface area contributed by atoms with E-state index >= 15 is 14.4 Å². The van der Waals surface area contributed by atoms with Gasteiger partial charge in [0.25, 0.3) is 5.97 Å². The van der Waals surface area contributed by atoms with Crippen LogP contribution in [0.2, 0.25) is 5.02 Å². The minimum atomic E-state index is -1.92. The average molecular weight is 1710 g/mol. The molecule has 0 unspecified atom stereocenters. The first-order valence-corrected chi connectivity index (χ1v) is 40.0. The number of fused-ring (bicyclic) bond motifs is 1. The first kappa shape index (κ1) is 97.8. The lowest BCUT2D eigenvalue weighted by Gasteiger charge is -2.31. The summed E-state index contributed by atoms with van der Waals surface area (Å²) in [4.78, 5) is 222. The van der Waals surface area contributed by atoms with Crippen molar-refractivity contribution in [2.24, 2.45) is 17.4 Å². The Kier molecular flexibility index (Phi) is 38.7. The Balaban J connectivity index is 0.00000450. The summed E-state index contributed by atoms with van der Waals surface area (Å²) in [5.41, 5.74) is 13.6. The molecule has 2 saturated heterocycles. The number of aliphatic hydroxyl groups is 1. The van der Waals surface area contributed by atoms with E-state index in [0.717, 1.165) is 17.7 Å². The monoisotopic (exact) mass is 1710 g/mol. The number of primary amides is 2. The molecule has 0 bridgehead atoms. The number of carbonyl (C=O) groups is 16. The Morgan fingerprint density at radius 3 is 1.50 bits per heavy atom. The van der Waals surface area contributed by atoms with E-state index in [1.165, 1.54) is 79.7 Å². The van der Waals surface area contributed by atoms with Gasteiger partial charge in [-0.15, -0.1) is 0 Å². The Bertz CT molecular complexity index is 4640. The minimum Gasteiger partial charge on any atom is -0.481 e. The van der Waals surface area contributed by atoms with Crippen LogP contribution in [0.3, 0.4) is 0 Å². The highest BCUT2D eigenvalue weighted by Crippen LogP contribution is 2.24. The normalized spacial score (nSPS) is 15.7. The van der Waals surface area contributed by atoms with Gasteiger partial charge < -0.3 is 101 Å². The number of hydrogen-bond donors (Lipinski definition) is 18. The highest BCUT2D eigenvalue weighted by atomic mass is 35.5. The molecule has 17 amide bonds. The molecule has 3 heterocycles. The fraction of sp³-hybridized carbons (Fsp3) is 0.417. The van der Waals surface area contributed by atoms with Crippen LogP contribution in [0, 0.1) is 5.92 Å². The summed E-state index contributed by atoms with van der Waals surface area (Å²) in [6.45, 7) is 10.8. The minimum absolute atomic E-state index is 0. The van der Waals surface area contributed by atoms with E-state index in [1.54, 1.807) is 50.2 Å². The number of halogens is 1. The van der Waals surface area contributed by atoms with Gasteiger partial charge in [0.1, 0.15) is 66.5 Å². The number of carboxylic acids is 1. The maximum absolute atomic E-state index is 15.5. The lowest BCUT2D eigenvalue weighted by Crippen LogP contribution is -2.62. The Morgan fingerprint density at radius 1 is 0.541 bits per heavy atom. The quantitative estimate of drug-likeness (QED) is 0.0236. The second-order valence-corrected chi connectivity index (χ2v) is 30.7. The van der Waals surface area contributed by atoms with Crippen LogP contribution in [0.25, 0.3) is 10.8 Å². The number of amides is 17. The van der Waals surface area contributed by atoms with Crippen molar-refractivity contribution >= 4 is 129 Å². The third kappa shape index (κ3) is 32.3. The second kappa shape index (κ2) is 48.3. The number of pyridine rings is 1. The largest absolute Gasteiger partial charge is 0.481 e. The molecule has 0 saturated carbocycles. The summed E-state index contributed by atoms with van der Waals surface area (Å²) in [5, 5.41) is 57.8. The standard InChI is InChI=1S/C82H103ClN18O16.C2H4O2.H2O/c1-45(2)35-60(72(107)92-59(16-9-10-33-87-46(3)4)80(115)101-34-12-17-68(101)79(114)88-47(5)70(84)105)93-74(109)63(38-51-23-30-58(31-24-51)91-81(85)116)95-76(111)64(39-50-21-28-57(29-22-50)90-71(106)66-42-69(104)100-82(117)99-66)97-78(113)67(44-102)98-77(112)65(41-53-13-11-32-86-43-53)96-75(110)62(37-49-19-26-56(83)27-20-49)94-73(108)61(89-48(6)103)40-52-18-25-54-14-7-8-15-55(54)36-52;1-2(3)4;/h7-8,11,13-15,18-32,36,43,45-47,59-68,87,102H,9-10,12,16-17,33-35,37-42,44H2,1-6H3,(H2,84,105)(H,88,114)(H,89,103)(H,90,106)(H,92,107)(H,93,109)(H,94,108)(H,95,111)(H,96,110)(H,97,113)(H,98,112)(H3,85,91,116)(H2,99,100,104,117);1H3,(H,3,4);1H2/t47-,59+,60+,61-,62-,63-,64+,65-,66-,67+,68+;;/m1../s1. The van der Waals surface area contributed by atoms with Crippen molar-refractivity contribution in [1.82, 2.24) is 73.7 Å². The van der Waals surface area contributed by atoms with E-state index in [2.05, 4.69) is 74.1 Å². The fourth-order valence-corrected chi connectivity index (χ4v) is 13.5. The number of nitrogens with two attached hydrogens (primary N) is 2. The van der Waals surface area contributed by atoms with Crippen LogP contribution in [0.15, 0.2) is 140 Å². The first-order chi connectivity index (χ1) is 57.5. The van der Waals surface area contributed by atoms with Crippen LogP contribution in [0.4, 0.5) is 21.0 Å². The summed E-state index contributed by atoms with van der Waals surface area (Å²) < 4.78 is 0. The summed E-state index contributed by atoms with van der Waals surface area (Å²) in [7, 11) is 0.